The van der Waals surface area contributed by atoms with Crippen molar-refractivity contribution in [1.29, 1.82) is 0 Å². The van der Waals surface area contributed by atoms with Gasteiger partial charge < -0.3 is 10.6 Å². The van der Waals surface area contributed by atoms with Crippen LogP contribution in [0.1, 0.15) is 27.2 Å². The molecule has 0 aliphatic rings. The highest BCUT2D eigenvalue weighted by Crippen LogP contribution is 2.23. The Morgan fingerprint density at radius 1 is 1.11 bits per heavy atom. The molecule has 0 amide bonds. The molecular weight excluding hydrogens is 252 g/mol. The first-order valence-electron chi connectivity index (χ1n) is 6.59. The minimum absolute atomic E-state index is 0.00860. The molecule has 2 aromatic rings. The lowest BCUT2D eigenvalue weighted by atomic mass is 10.0. The van der Waals surface area contributed by atoms with E-state index in [1.165, 1.54) is 10.8 Å². The Balaban J connectivity index is 2.20. The first kappa shape index (κ1) is 13.8. The molecule has 0 saturated carbocycles. The quantitative estimate of drug-likeness (QED) is 0.814. The molecule has 0 aromatic heterocycles. The average Bonchev–Trinajstić information content (AvgIpc) is 2.38. The molecule has 2 nitrogen and oxygen atoms in total. The van der Waals surface area contributed by atoms with Crippen LogP contribution in [-0.2, 0) is 0 Å². The second kappa shape index (κ2) is 5.57. The number of hydrogen-bond acceptors (Lipinski definition) is 1. The van der Waals surface area contributed by atoms with Gasteiger partial charge in [-0.2, -0.15) is 0 Å². The zero-order valence-electron chi connectivity index (χ0n) is 11.7. The lowest BCUT2D eigenvalue weighted by Crippen LogP contribution is -2.44. The molecule has 2 N–H and O–H groups in total. The van der Waals surface area contributed by atoms with Gasteiger partial charge in [-0.05, 0) is 43.9 Å². The SMILES string of the molecule is CCC(C)(C)NC(=S)Nc1cccc2ccccc12. The Morgan fingerprint density at radius 3 is 2.53 bits per heavy atom. The van der Waals surface area contributed by atoms with Crippen LogP contribution < -0.4 is 10.6 Å². The summed E-state index contributed by atoms with van der Waals surface area (Å²) in [6.07, 6.45) is 1.02. The molecule has 3 heteroatoms. The third kappa shape index (κ3) is 3.44. The Bertz CT molecular complexity index is 585. The zero-order chi connectivity index (χ0) is 13.9. The van der Waals surface area contributed by atoms with E-state index in [1.807, 2.05) is 18.2 Å². The molecular formula is C16H20N2S. The van der Waals surface area contributed by atoms with Crippen molar-refractivity contribution in [2.24, 2.45) is 0 Å². The number of nitrogens with one attached hydrogen (secondary N) is 2. The van der Waals surface area contributed by atoms with Crippen molar-refractivity contribution in [2.75, 3.05) is 5.32 Å². The third-order valence-electron chi connectivity index (χ3n) is 3.37. The van der Waals surface area contributed by atoms with Gasteiger partial charge in [-0.25, -0.2) is 0 Å². The number of thiocarbonyl (C=S) groups is 1. The normalized spacial score (nSPS) is 11.3. The lowest BCUT2D eigenvalue weighted by molar-refractivity contribution is 0.448. The summed E-state index contributed by atoms with van der Waals surface area (Å²) < 4.78 is 0. The molecule has 0 bridgehead atoms. The van der Waals surface area contributed by atoms with Crippen LogP contribution in [0.3, 0.4) is 0 Å². The van der Waals surface area contributed by atoms with Crippen LogP contribution >= 0.6 is 12.2 Å². The van der Waals surface area contributed by atoms with Crippen LogP contribution in [0.25, 0.3) is 10.8 Å². The fourth-order valence-corrected chi connectivity index (χ4v) is 2.27. The maximum Gasteiger partial charge on any atom is 0.171 e. The molecule has 100 valence electrons. The van der Waals surface area contributed by atoms with Crippen LogP contribution in [0.15, 0.2) is 42.5 Å². The summed E-state index contributed by atoms with van der Waals surface area (Å²) in [5.74, 6) is 0. The molecule has 0 aliphatic heterocycles. The summed E-state index contributed by atoms with van der Waals surface area (Å²) in [5.41, 5.74) is 1.05. The highest BCUT2D eigenvalue weighted by atomic mass is 32.1. The maximum absolute atomic E-state index is 5.39. The summed E-state index contributed by atoms with van der Waals surface area (Å²) in [7, 11) is 0. The molecule has 0 saturated heterocycles. The second-order valence-electron chi connectivity index (χ2n) is 5.34. The van der Waals surface area contributed by atoms with E-state index < -0.39 is 0 Å². The van der Waals surface area contributed by atoms with Crippen molar-refractivity contribution in [3.8, 4) is 0 Å². The van der Waals surface area contributed by atoms with E-state index in [2.05, 4.69) is 55.7 Å². The van der Waals surface area contributed by atoms with Crippen molar-refractivity contribution in [3.05, 3.63) is 42.5 Å². The molecule has 19 heavy (non-hydrogen) atoms. The van der Waals surface area contributed by atoms with Crippen LogP contribution in [0.5, 0.6) is 0 Å². The number of anilines is 1. The van der Waals surface area contributed by atoms with Crippen LogP contribution in [0, 0.1) is 0 Å². The van der Waals surface area contributed by atoms with E-state index in [9.17, 15) is 0 Å². The molecule has 0 radical (unpaired) electrons. The predicted octanol–water partition coefficient (Wildman–Crippen LogP) is 4.31. The smallest absolute Gasteiger partial charge is 0.171 e. The van der Waals surface area contributed by atoms with Crippen molar-refractivity contribution in [3.63, 3.8) is 0 Å². The van der Waals surface area contributed by atoms with E-state index >= 15 is 0 Å². The summed E-state index contributed by atoms with van der Waals surface area (Å²) in [5, 5.41) is 9.70. The van der Waals surface area contributed by atoms with Gasteiger partial charge >= 0.3 is 0 Å². The van der Waals surface area contributed by atoms with Crippen molar-refractivity contribution in [1.82, 2.24) is 5.32 Å². The molecule has 0 heterocycles. The van der Waals surface area contributed by atoms with Gasteiger partial charge in [0.05, 0.1) is 0 Å². The highest BCUT2D eigenvalue weighted by molar-refractivity contribution is 7.80. The largest absolute Gasteiger partial charge is 0.358 e. The summed E-state index contributed by atoms with van der Waals surface area (Å²) in [6.45, 7) is 6.43. The highest BCUT2D eigenvalue weighted by Gasteiger charge is 2.15. The Labute approximate surface area is 120 Å². The minimum atomic E-state index is 0.00860. The first-order valence-corrected chi connectivity index (χ1v) is 6.99. The van der Waals surface area contributed by atoms with Gasteiger partial charge in [0.25, 0.3) is 0 Å². The van der Waals surface area contributed by atoms with Gasteiger partial charge in [0.2, 0.25) is 0 Å². The van der Waals surface area contributed by atoms with E-state index in [0.717, 1.165) is 12.1 Å². The van der Waals surface area contributed by atoms with Gasteiger partial charge in [0.1, 0.15) is 0 Å². The van der Waals surface area contributed by atoms with E-state index in [-0.39, 0.29) is 5.54 Å². The summed E-state index contributed by atoms with van der Waals surface area (Å²) >= 11 is 5.39. The average molecular weight is 272 g/mol. The molecule has 0 unspecified atom stereocenters. The monoisotopic (exact) mass is 272 g/mol. The van der Waals surface area contributed by atoms with Gasteiger partial charge in [0, 0.05) is 16.6 Å². The maximum atomic E-state index is 5.39. The van der Waals surface area contributed by atoms with Crippen molar-refractivity contribution in [2.45, 2.75) is 32.7 Å². The lowest BCUT2D eigenvalue weighted by Gasteiger charge is -2.26. The fourth-order valence-electron chi connectivity index (χ4n) is 1.88. The van der Waals surface area contributed by atoms with Crippen LogP contribution in [-0.4, -0.2) is 10.7 Å². The van der Waals surface area contributed by atoms with Gasteiger partial charge in [0.15, 0.2) is 5.11 Å². The van der Waals surface area contributed by atoms with Gasteiger partial charge in [-0.3, -0.25) is 0 Å². The molecule has 2 rings (SSSR count). The molecule has 0 spiro atoms. The standard InChI is InChI=1S/C16H20N2S/c1-4-16(2,3)18-15(19)17-14-11-7-9-12-8-5-6-10-13(12)14/h5-11H,4H2,1-3H3,(H2,17,18,19). The Kier molecular flexibility index (Phi) is 4.05. The van der Waals surface area contributed by atoms with Crippen LogP contribution in [0.4, 0.5) is 5.69 Å². The van der Waals surface area contributed by atoms with Gasteiger partial charge in [-0.1, -0.05) is 43.3 Å². The van der Waals surface area contributed by atoms with Crippen LogP contribution in [0.2, 0.25) is 0 Å². The second-order valence-corrected chi connectivity index (χ2v) is 5.75. The van der Waals surface area contributed by atoms with E-state index in [0.29, 0.717) is 5.11 Å². The minimum Gasteiger partial charge on any atom is -0.358 e. The number of benzene rings is 2. The predicted molar refractivity (Wildman–Crippen MR) is 87.7 cm³/mol. The number of rotatable bonds is 3. The summed E-state index contributed by atoms with van der Waals surface area (Å²) in [6, 6.07) is 14.5. The van der Waals surface area contributed by atoms with Crippen molar-refractivity contribution < 1.29 is 0 Å². The molecule has 0 atom stereocenters. The zero-order valence-corrected chi connectivity index (χ0v) is 12.5. The summed E-state index contributed by atoms with van der Waals surface area (Å²) in [4.78, 5) is 0. The Hall–Kier alpha value is -1.61. The first-order chi connectivity index (χ1) is 9.02. The van der Waals surface area contributed by atoms with E-state index in [4.69, 9.17) is 12.2 Å². The van der Waals surface area contributed by atoms with E-state index in [1.54, 1.807) is 0 Å². The Morgan fingerprint density at radius 2 is 1.79 bits per heavy atom. The molecule has 2 aromatic carbocycles. The van der Waals surface area contributed by atoms with Crippen molar-refractivity contribution >= 4 is 33.8 Å². The third-order valence-corrected chi connectivity index (χ3v) is 3.58. The van der Waals surface area contributed by atoms with Gasteiger partial charge in [-0.15, -0.1) is 0 Å². The fraction of sp³-hybridized carbons (Fsp3) is 0.312. The topological polar surface area (TPSA) is 24.1 Å². The number of hydrogen-bond donors (Lipinski definition) is 2. The molecule has 0 fully saturated rings. The molecule has 0 aliphatic carbocycles. The number of fused-ring (bicyclic) bond motifs is 1.